The van der Waals surface area contributed by atoms with Gasteiger partial charge in [0.15, 0.2) is 4.34 Å². The van der Waals surface area contributed by atoms with Crippen LogP contribution in [0.5, 0.6) is 0 Å². The van der Waals surface area contributed by atoms with E-state index in [1.807, 2.05) is 42.6 Å². The molecule has 2 heterocycles. The summed E-state index contributed by atoms with van der Waals surface area (Å²) >= 11 is 4.61. The largest absolute Gasteiger partial charge is 0.297 e. The van der Waals surface area contributed by atoms with Crippen LogP contribution in [0.2, 0.25) is 0 Å². The molecule has 122 valence electrons. The summed E-state index contributed by atoms with van der Waals surface area (Å²) in [6.07, 6.45) is 3.35. The predicted octanol–water partition coefficient (Wildman–Crippen LogP) is 4.85. The molecule has 0 aliphatic rings. The number of thiophene rings is 1. The van der Waals surface area contributed by atoms with Crippen LogP contribution in [0.25, 0.3) is 6.08 Å². The fraction of sp³-hybridized carbons (Fsp3) is 0.118. The number of aromatic nitrogens is 2. The lowest BCUT2D eigenvalue weighted by molar-refractivity contribution is -0.111. The normalized spacial score (nSPS) is 11.0. The molecule has 1 N–H and O–H groups in total. The zero-order valence-electron chi connectivity index (χ0n) is 12.9. The fourth-order valence-electron chi connectivity index (χ4n) is 1.89. The lowest BCUT2D eigenvalue weighted by Gasteiger charge is -1.97. The molecule has 1 amide bonds. The number of hydrogen-bond donors (Lipinski definition) is 1. The first-order valence-electron chi connectivity index (χ1n) is 7.24. The van der Waals surface area contributed by atoms with E-state index in [4.69, 9.17) is 0 Å². The van der Waals surface area contributed by atoms with Gasteiger partial charge in [-0.1, -0.05) is 53.4 Å². The Morgan fingerprint density at radius 1 is 1.25 bits per heavy atom. The summed E-state index contributed by atoms with van der Waals surface area (Å²) in [4.78, 5) is 13.0. The van der Waals surface area contributed by atoms with Crippen LogP contribution in [0.1, 0.15) is 16.0 Å². The Hall–Kier alpha value is -1.96. The minimum atomic E-state index is -0.196. The Balaban J connectivity index is 1.53. The van der Waals surface area contributed by atoms with Crippen molar-refractivity contribution >= 4 is 51.6 Å². The van der Waals surface area contributed by atoms with E-state index in [1.165, 1.54) is 28.5 Å². The number of hydrogen-bond acceptors (Lipinski definition) is 6. The second kappa shape index (κ2) is 8.23. The van der Waals surface area contributed by atoms with Crippen LogP contribution in [-0.4, -0.2) is 16.1 Å². The lowest BCUT2D eigenvalue weighted by Crippen LogP contribution is -2.07. The van der Waals surface area contributed by atoms with Crippen LogP contribution < -0.4 is 5.32 Å². The Morgan fingerprint density at radius 2 is 2.08 bits per heavy atom. The number of anilines is 1. The Kier molecular flexibility index (Phi) is 5.79. The molecule has 0 saturated carbocycles. The first-order chi connectivity index (χ1) is 11.7. The van der Waals surface area contributed by atoms with Crippen molar-refractivity contribution in [2.75, 3.05) is 5.32 Å². The van der Waals surface area contributed by atoms with Crippen LogP contribution in [0.15, 0.2) is 52.2 Å². The number of thioether (sulfide) groups is 1. The number of nitrogens with zero attached hydrogens (tertiary/aromatic N) is 2. The topological polar surface area (TPSA) is 54.9 Å². The van der Waals surface area contributed by atoms with Gasteiger partial charge in [0.05, 0.1) is 0 Å². The average Bonchev–Trinajstić information content (AvgIpc) is 3.21. The molecule has 7 heteroatoms. The number of benzene rings is 1. The number of amides is 1. The molecular formula is C17H15N3OS3. The highest BCUT2D eigenvalue weighted by atomic mass is 32.2. The molecule has 3 rings (SSSR count). The summed E-state index contributed by atoms with van der Waals surface area (Å²) in [5.41, 5.74) is 2.40. The number of carbonyl (C=O) groups excluding carboxylic acids is 1. The van der Waals surface area contributed by atoms with Gasteiger partial charge in [-0.25, -0.2) is 0 Å². The van der Waals surface area contributed by atoms with Crippen LogP contribution in [0, 0.1) is 6.92 Å². The van der Waals surface area contributed by atoms with Crippen LogP contribution in [0.4, 0.5) is 5.13 Å². The standard InChI is InChI=1S/C17H15N3OS3/c1-12-9-10-22-14(12)7-8-15(21)18-16-19-20-17(24-16)23-11-13-5-3-2-4-6-13/h2-10H,11H2,1H3,(H,18,19,21)/b8-7+. The van der Waals surface area contributed by atoms with E-state index < -0.39 is 0 Å². The van der Waals surface area contributed by atoms with Gasteiger partial charge in [0, 0.05) is 16.7 Å². The molecule has 4 nitrogen and oxygen atoms in total. The van der Waals surface area contributed by atoms with Gasteiger partial charge >= 0.3 is 0 Å². The number of aryl methyl sites for hydroxylation is 1. The van der Waals surface area contributed by atoms with Gasteiger partial charge in [0.1, 0.15) is 0 Å². The minimum absolute atomic E-state index is 0.196. The highest BCUT2D eigenvalue weighted by Gasteiger charge is 2.07. The van der Waals surface area contributed by atoms with E-state index in [-0.39, 0.29) is 5.91 Å². The van der Waals surface area contributed by atoms with Gasteiger partial charge in [-0.05, 0) is 35.6 Å². The molecule has 0 bridgehead atoms. The maximum Gasteiger partial charge on any atom is 0.250 e. The van der Waals surface area contributed by atoms with Crippen LogP contribution in [-0.2, 0) is 10.5 Å². The van der Waals surface area contributed by atoms with Crippen molar-refractivity contribution in [1.29, 1.82) is 0 Å². The zero-order valence-corrected chi connectivity index (χ0v) is 15.4. The van der Waals surface area contributed by atoms with E-state index in [0.717, 1.165) is 15.0 Å². The average molecular weight is 374 g/mol. The molecule has 1 aromatic carbocycles. The monoisotopic (exact) mass is 373 g/mol. The first kappa shape index (κ1) is 16.9. The summed E-state index contributed by atoms with van der Waals surface area (Å²) in [7, 11) is 0. The molecule has 0 saturated heterocycles. The molecule has 0 unspecified atom stereocenters. The molecule has 0 atom stereocenters. The van der Waals surface area contributed by atoms with Crippen LogP contribution in [0.3, 0.4) is 0 Å². The van der Waals surface area contributed by atoms with Gasteiger partial charge in [-0.15, -0.1) is 21.5 Å². The highest BCUT2D eigenvalue weighted by molar-refractivity contribution is 8.00. The maximum absolute atomic E-state index is 11.9. The third kappa shape index (κ3) is 4.77. The van der Waals surface area contributed by atoms with Gasteiger partial charge < -0.3 is 0 Å². The zero-order chi connectivity index (χ0) is 16.8. The van der Waals surface area contributed by atoms with Gasteiger partial charge in [0.2, 0.25) is 11.0 Å². The number of nitrogens with one attached hydrogen (secondary N) is 1. The van der Waals surface area contributed by atoms with Crippen molar-refractivity contribution < 1.29 is 4.79 Å². The maximum atomic E-state index is 11.9. The van der Waals surface area contributed by atoms with Crippen molar-refractivity contribution in [1.82, 2.24) is 10.2 Å². The molecule has 2 aromatic heterocycles. The third-order valence-electron chi connectivity index (χ3n) is 3.13. The summed E-state index contributed by atoms with van der Waals surface area (Å²) in [5, 5.41) is 13.4. The Bertz CT molecular complexity index is 840. The predicted molar refractivity (Wildman–Crippen MR) is 103 cm³/mol. The molecule has 0 fully saturated rings. The summed E-state index contributed by atoms with van der Waals surface area (Å²) in [6.45, 7) is 2.02. The van der Waals surface area contributed by atoms with Crippen LogP contribution >= 0.6 is 34.4 Å². The number of carbonyl (C=O) groups is 1. The summed E-state index contributed by atoms with van der Waals surface area (Å²) in [6, 6.07) is 12.2. The third-order valence-corrected chi connectivity index (χ3v) is 6.16. The van der Waals surface area contributed by atoms with Crippen molar-refractivity contribution in [2.45, 2.75) is 17.0 Å². The van der Waals surface area contributed by atoms with Crippen molar-refractivity contribution in [2.24, 2.45) is 0 Å². The van der Waals surface area contributed by atoms with E-state index in [9.17, 15) is 4.79 Å². The van der Waals surface area contributed by atoms with E-state index >= 15 is 0 Å². The first-order valence-corrected chi connectivity index (χ1v) is 9.92. The highest BCUT2D eigenvalue weighted by Crippen LogP contribution is 2.28. The second-order valence-corrected chi connectivity index (χ2v) is 8.09. The summed E-state index contributed by atoms with van der Waals surface area (Å²) in [5.74, 6) is 0.639. The molecular weight excluding hydrogens is 358 g/mol. The molecule has 0 aliphatic heterocycles. The summed E-state index contributed by atoms with van der Waals surface area (Å²) < 4.78 is 0.840. The van der Waals surface area contributed by atoms with Gasteiger partial charge in [-0.2, -0.15) is 0 Å². The Morgan fingerprint density at radius 3 is 2.83 bits per heavy atom. The van der Waals surface area contributed by atoms with E-state index in [1.54, 1.807) is 23.1 Å². The van der Waals surface area contributed by atoms with Crippen molar-refractivity contribution in [3.8, 4) is 0 Å². The smallest absolute Gasteiger partial charge is 0.250 e. The quantitative estimate of drug-likeness (QED) is 0.381. The molecule has 3 aromatic rings. The molecule has 0 aliphatic carbocycles. The molecule has 0 spiro atoms. The van der Waals surface area contributed by atoms with Gasteiger partial charge in [-0.3, -0.25) is 10.1 Å². The van der Waals surface area contributed by atoms with E-state index in [0.29, 0.717) is 5.13 Å². The second-order valence-electron chi connectivity index (χ2n) is 4.94. The lowest BCUT2D eigenvalue weighted by atomic mass is 10.2. The molecule has 24 heavy (non-hydrogen) atoms. The van der Waals surface area contributed by atoms with E-state index in [2.05, 4.69) is 27.6 Å². The minimum Gasteiger partial charge on any atom is -0.297 e. The fourth-order valence-corrected chi connectivity index (χ4v) is 4.42. The Labute approximate surface area is 152 Å². The number of rotatable bonds is 6. The SMILES string of the molecule is Cc1ccsc1/C=C/C(=O)Nc1nnc(SCc2ccccc2)s1. The van der Waals surface area contributed by atoms with Crippen molar-refractivity contribution in [3.05, 3.63) is 63.9 Å². The van der Waals surface area contributed by atoms with Crippen molar-refractivity contribution in [3.63, 3.8) is 0 Å². The van der Waals surface area contributed by atoms with Gasteiger partial charge in [0.25, 0.3) is 0 Å². The molecule has 0 radical (unpaired) electrons.